The van der Waals surface area contributed by atoms with Gasteiger partial charge in [0.25, 0.3) is 5.91 Å². The Balaban J connectivity index is 0. The fraction of sp³-hybridized carbons (Fsp3) is 0.500. The number of likely N-dealkylation sites (N-methyl/N-ethyl adjacent to an activating group) is 2. The van der Waals surface area contributed by atoms with Crippen molar-refractivity contribution in [1.29, 1.82) is 0 Å². The molecule has 0 fully saturated rings. The van der Waals surface area contributed by atoms with E-state index in [-0.39, 0.29) is 12.5 Å². The van der Waals surface area contributed by atoms with Crippen LogP contribution in [0.1, 0.15) is 21.5 Å². The molecule has 0 unspecified atom stereocenters. The molecule has 3 N–H and O–H groups in total. The highest BCUT2D eigenvalue weighted by molar-refractivity contribution is 8.03. The highest BCUT2D eigenvalue weighted by Gasteiger charge is 2.05. The molecule has 8 heteroatoms. The van der Waals surface area contributed by atoms with Gasteiger partial charge in [-0.2, -0.15) is 0 Å². The van der Waals surface area contributed by atoms with E-state index in [2.05, 4.69) is 29.6 Å². The van der Waals surface area contributed by atoms with E-state index in [0.717, 1.165) is 29.2 Å². The summed E-state index contributed by atoms with van der Waals surface area (Å²) in [4.78, 5) is 26.0. The minimum Gasteiger partial charge on any atom is -0.395 e. The Morgan fingerprint density at radius 2 is 2.00 bits per heavy atom. The first-order chi connectivity index (χ1) is 13.4. The number of aliphatic hydroxyl groups excluding tert-OH is 1. The van der Waals surface area contributed by atoms with Crippen LogP contribution in [0.15, 0.2) is 35.3 Å². The number of aryl methyl sites for hydroxylation is 1. The van der Waals surface area contributed by atoms with Crippen molar-refractivity contribution in [2.45, 2.75) is 13.8 Å². The van der Waals surface area contributed by atoms with Crippen molar-refractivity contribution in [3.63, 3.8) is 0 Å². The molecule has 160 valence electrons. The third-order valence-corrected chi connectivity index (χ3v) is 4.68. The zero-order chi connectivity index (χ0) is 21.8. The van der Waals surface area contributed by atoms with Crippen LogP contribution in [-0.4, -0.2) is 75.8 Å². The SMILES string of the molecule is C/C=C/C=C(/C=O)SC.CNCCN(C)C.Cc1ccc(C(=O)NCCO)s1. The Labute approximate surface area is 178 Å². The number of carbonyl (C=O) groups excluding carboxylic acids is 2. The van der Waals surface area contributed by atoms with Gasteiger partial charge in [-0.05, 0) is 59.5 Å². The average molecular weight is 430 g/mol. The lowest BCUT2D eigenvalue weighted by molar-refractivity contribution is -0.104. The van der Waals surface area contributed by atoms with Crippen LogP contribution in [0.4, 0.5) is 0 Å². The summed E-state index contributed by atoms with van der Waals surface area (Å²) in [6, 6.07) is 3.69. The van der Waals surface area contributed by atoms with Gasteiger partial charge in [-0.25, -0.2) is 0 Å². The molecule has 0 bridgehead atoms. The maximum absolute atomic E-state index is 11.2. The lowest BCUT2D eigenvalue weighted by Gasteiger charge is -2.06. The van der Waals surface area contributed by atoms with Gasteiger partial charge in [0.15, 0.2) is 6.29 Å². The van der Waals surface area contributed by atoms with E-state index in [9.17, 15) is 9.59 Å². The molecule has 0 saturated heterocycles. The molecule has 1 heterocycles. The summed E-state index contributed by atoms with van der Waals surface area (Å²) >= 11 is 2.90. The number of amides is 1. The highest BCUT2D eigenvalue weighted by atomic mass is 32.2. The molecule has 1 aromatic rings. The van der Waals surface area contributed by atoms with Gasteiger partial charge in [-0.3, -0.25) is 9.59 Å². The number of thiophene rings is 1. The summed E-state index contributed by atoms with van der Waals surface area (Å²) in [5.41, 5.74) is 0. The molecule has 0 spiro atoms. The predicted octanol–water partition coefficient (Wildman–Crippen LogP) is 2.55. The molecule has 1 aromatic heterocycles. The Morgan fingerprint density at radius 1 is 1.32 bits per heavy atom. The lowest BCUT2D eigenvalue weighted by atomic mass is 10.4. The summed E-state index contributed by atoms with van der Waals surface area (Å²) in [5.74, 6) is -0.109. The van der Waals surface area contributed by atoms with Crippen LogP contribution in [0.25, 0.3) is 0 Å². The average Bonchev–Trinajstić information content (AvgIpc) is 3.13. The number of carbonyl (C=O) groups is 2. The minimum absolute atomic E-state index is 0.0178. The zero-order valence-electron chi connectivity index (χ0n) is 17.8. The number of nitrogens with zero attached hydrogens (tertiary/aromatic N) is 1. The largest absolute Gasteiger partial charge is 0.395 e. The third-order valence-electron chi connectivity index (χ3n) is 2.98. The van der Waals surface area contributed by atoms with Crippen molar-refractivity contribution in [1.82, 2.24) is 15.5 Å². The van der Waals surface area contributed by atoms with Crippen LogP contribution >= 0.6 is 23.1 Å². The number of nitrogens with one attached hydrogen (secondary N) is 2. The molecular formula is C20H35N3O3S2. The van der Waals surface area contributed by atoms with Crippen molar-refractivity contribution < 1.29 is 14.7 Å². The molecule has 0 aliphatic heterocycles. The third kappa shape index (κ3) is 17.9. The Morgan fingerprint density at radius 3 is 2.36 bits per heavy atom. The van der Waals surface area contributed by atoms with Crippen LogP contribution in [0.5, 0.6) is 0 Å². The van der Waals surface area contributed by atoms with E-state index in [0.29, 0.717) is 11.4 Å². The fourth-order valence-electron chi connectivity index (χ4n) is 1.50. The van der Waals surface area contributed by atoms with Crippen molar-refractivity contribution in [3.05, 3.63) is 45.0 Å². The standard InChI is InChI=1S/C8H11NO2S.C7H10OS.C5H14N2/c1-6-2-3-7(12-6)8(11)9-4-5-10;1-3-4-5-7(6-8)9-2;1-6-4-5-7(2)3/h2-3,10H,4-5H2,1H3,(H,9,11);3-6H,1-2H3;6H,4-5H2,1-3H3/b;4-3+,7-5-;. The fourth-order valence-corrected chi connectivity index (χ4v) is 2.59. The number of hydrogen-bond acceptors (Lipinski definition) is 7. The molecule has 1 amide bonds. The first-order valence-electron chi connectivity index (χ1n) is 8.93. The van der Waals surface area contributed by atoms with Crippen LogP contribution in [-0.2, 0) is 4.79 Å². The molecule has 0 radical (unpaired) electrons. The summed E-state index contributed by atoms with van der Waals surface area (Å²) in [6.07, 6.45) is 8.26. The van der Waals surface area contributed by atoms with Gasteiger partial charge in [-0.1, -0.05) is 12.2 Å². The first kappa shape index (κ1) is 28.8. The van der Waals surface area contributed by atoms with Crippen molar-refractivity contribution >= 4 is 35.3 Å². The maximum atomic E-state index is 11.2. The van der Waals surface area contributed by atoms with Crippen molar-refractivity contribution in [2.75, 3.05) is 53.6 Å². The molecule has 1 rings (SSSR count). The number of aldehydes is 1. The number of rotatable bonds is 9. The molecule has 0 atom stereocenters. The number of aliphatic hydroxyl groups is 1. The van der Waals surface area contributed by atoms with Crippen LogP contribution in [0.3, 0.4) is 0 Å². The molecule has 0 saturated carbocycles. The molecule has 0 aromatic carbocycles. The monoisotopic (exact) mass is 429 g/mol. The van der Waals surface area contributed by atoms with E-state index in [1.807, 2.05) is 45.4 Å². The van der Waals surface area contributed by atoms with Crippen molar-refractivity contribution in [3.8, 4) is 0 Å². The highest BCUT2D eigenvalue weighted by Crippen LogP contribution is 2.14. The zero-order valence-corrected chi connectivity index (χ0v) is 19.5. The molecular weight excluding hydrogens is 394 g/mol. The number of allylic oxidation sites excluding steroid dienone is 4. The van der Waals surface area contributed by atoms with Gasteiger partial charge in [0.05, 0.1) is 11.5 Å². The van der Waals surface area contributed by atoms with E-state index in [4.69, 9.17) is 5.11 Å². The van der Waals surface area contributed by atoms with Gasteiger partial charge >= 0.3 is 0 Å². The van der Waals surface area contributed by atoms with Crippen LogP contribution < -0.4 is 10.6 Å². The molecule has 0 aliphatic rings. The van der Waals surface area contributed by atoms with Gasteiger partial charge in [0.1, 0.15) is 0 Å². The second kappa shape index (κ2) is 20.3. The lowest BCUT2D eigenvalue weighted by Crippen LogP contribution is -2.25. The second-order valence-electron chi connectivity index (χ2n) is 5.71. The topological polar surface area (TPSA) is 81.7 Å². The van der Waals surface area contributed by atoms with Gasteiger partial charge in [0.2, 0.25) is 0 Å². The second-order valence-corrected chi connectivity index (χ2v) is 7.88. The summed E-state index contributed by atoms with van der Waals surface area (Å²) < 4.78 is 0. The molecule has 6 nitrogen and oxygen atoms in total. The summed E-state index contributed by atoms with van der Waals surface area (Å²) in [6.45, 7) is 6.36. The van der Waals surface area contributed by atoms with E-state index >= 15 is 0 Å². The Kier molecular flexibility index (Phi) is 20.8. The molecule has 0 aliphatic carbocycles. The predicted molar refractivity (Wildman–Crippen MR) is 123 cm³/mol. The Hall–Kier alpha value is -1.45. The van der Waals surface area contributed by atoms with Crippen LogP contribution in [0.2, 0.25) is 0 Å². The smallest absolute Gasteiger partial charge is 0.261 e. The van der Waals surface area contributed by atoms with Crippen LogP contribution in [0, 0.1) is 6.92 Å². The van der Waals surface area contributed by atoms with Gasteiger partial charge in [-0.15, -0.1) is 23.1 Å². The minimum atomic E-state index is -0.109. The van der Waals surface area contributed by atoms with Gasteiger partial charge < -0.3 is 20.6 Å². The molecule has 28 heavy (non-hydrogen) atoms. The quantitative estimate of drug-likeness (QED) is 0.318. The van der Waals surface area contributed by atoms with E-state index < -0.39 is 0 Å². The Bertz CT molecular complexity index is 585. The first-order valence-corrected chi connectivity index (χ1v) is 11.0. The van der Waals surface area contributed by atoms with Gasteiger partial charge in [0, 0.05) is 29.4 Å². The number of hydrogen-bond donors (Lipinski definition) is 3. The maximum Gasteiger partial charge on any atom is 0.261 e. The number of thioether (sulfide) groups is 1. The summed E-state index contributed by atoms with van der Waals surface area (Å²) in [5, 5.41) is 14.1. The normalized spacial score (nSPS) is 10.8. The summed E-state index contributed by atoms with van der Waals surface area (Å²) in [7, 11) is 6.10. The van der Waals surface area contributed by atoms with Crippen molar-refractivity contribution in [2.24, 2.45) is 0 Å². The van der Waals surface area contributed by atoms with E-state index in [1.54, 1.807) is 12.1 Å². The van der Waals surface area contributed by atoms with E-state index in [1.165, 1.54) is 23.1 Å².